The SMILES string of the molecule is C#CCO[C@@H]1[C@@H](O[Si](C)(C)C(C)(C)C)[C@H](c2cc(OC)c3ccccc3c2OC)O[C@H](CO[Si](C)(C)C(C)(C)C)[C@H]1OCC#C. The molecule has 1 aliphatic rings. The molecule has 5 atom stereocenters. The number of fused-ring (bicyclic) bond motifs is 1. The van der Waals surface area contributed by atoms with Gasteiger partial charge in [0.2, 0.25) is 0 Å². The third kappa shape index (κ3) is 8.15. The zero-order valence-corrected chi connectivity index (χ0v) is 31.4. The Hall–Kier alpha value is -2.35. The fourth-order valence-corrected chi connectivity index (χ4v) is 7.38. The van der Waals surface area contributed by atoms with Gasteiger partial charge in [0.25, 0.3) is 0 Å². The van der Waals surface area contributed by atoms with Crippen LogP contribution in [0.2, 0.25) is 36.3 Å². The molecule has 1 heterocycles. The molecule has 2 aromatic carbocycles. The molecule has 0 aliphatic carbocycles. The molecule has 1 fully saturated rings. The minimum atomic E-state index is -2.41. The molecule has 7 nitrogen and oxygen atoms in total. The minimum Gasteiger partial charge on any atom is -0.496 e. The number of ether oxygens (including phenoxy) is 5. The second-order valence-corrected chi connectivity index (χ2v) is 24.3. The molecule has 248 valence electrons. The molecule has 0 bridgehead atoms. The topological polar surface area (TPSA) is 64.6 Å². The summed E-state index contributed by atoms with van der Waals surface area (Å²) in [5.74, 6) is 6.65. The number of hydrogen-bond acceptors (Lipinski definition) is 7. The van der Waals surface area contributed by atoms with E-state index in [1.807, 2.05) is 30.3 Å². The van der Waals surface area contributed by atoms with Gasteiger partial charge in [-0.3, -0.25) is 0 Å². The smallest absolute Gasteiger partial charge is 0.192 e. The third-order valence-corrected chi connectivity index (χ3v) is 18.7. The van der Waals surface area contributed by atoms with E-state index in [1.54, 1.807) is 14.2 Å². The van der Waals surface area contributed by atoms with Crippen molar-refractivity contribution in [1.29, 1.82) is 0 Å². The molecule has 9 heteroatoms. The molecule has 0 aromatic heterocycles. The highest BCUT2D eigenvalue weighted by Gasteiger charge is 2.53. The van der Waals surface area contributed by atoms with Crippen molar-refractivity contribution in [3.63, 3.8) is 0 Å². The Morgan fingerprint density at radius 3 is 1.84 bits per heavy atom. The van der Waals surface area contributed by atoms with Crippen LogP contribution in [0.25, 0.3) is 10.8 Å². The predicted molar refractivity (Wildman–Crippen MR) is 187 cm³/mol. The summed E-state index contributed by atoms with van der Waals surface area (Å²) < 4.78 is 45.9. The van der Waals surface area contributed by atoms with Crippen LogP contribution < -0.4 is 9.47 Å². The molecule has 1 saturated heterocycles. The zero-order chi connectivity index (χ0) is 33.8. The van der Waals surface area contributed by atoms with Crippen molar-refractivity contribution in [2.24, 2.45) is 0 Å². The van der Waals surface area contributed by atoms with Crippen LogP contribution in [-0.4, -0.2) is 75.1 Å². The third-order valence-electron chi connectivity index (χ3n) is 9.72. The molecule has 1 aliphatic heterocycles. The van der Waals surface area contributed by atoms with E-state index in [0.29, 0.717) is 11.5 Å². The minimum absolute atomic E-state index is 0.00147. The predicted octanol–water partition coefficient (Wildman–Crippen LogP) is 7.75. The average Bonchev–Trinajstić information content (AvgIpc) is 2.96. The Kier molecular flexibility index (Phi) is 12.0. The van der Waals surface area contributed by atoms with Crippen molar-refractivity contribution in [1.82, 2.24) is 0 Å². The first-order valence-electron chi connectivity index (χ1n) is 15.6. The number of terminal acetylenes is 2. The standard InChI is InChI=1S/C36H54O7Si2/c1-15-21-39-32-29(24-41-44(11,12)35(3,4)5)42-31(34(33(32)40-22-16-2)43-45(13,14)36(6,7)8)27-23-28(37-9)25-19-17-18-20-26(25)30(27)38-10/h1-2,17-20,23,29,31-34H,21-22,24H2,3-14H3/t29-,31+,32-,33+,34+/m1/s1. The van der Waals surface area contributed by atoms with Gasteiger partial charge in [0, 0.05) is 16.3 Å². The molecular formula is C36H54O7Si2. The van der Waals surface area contributed by atoms with Crippen LogP contribution in [0, 0.1) is 24.7 Å². The Morgan fingerprint density at radius 2 is 1.33 bits per heavy atom. The maximum atomic E-state index is 7.22. The van der Waals surface area contributed by atoms with Crippen molar-refractivity contribution in [2.45, 2.75) is 108 Å². The first-order valence-corrected chi connectivity index (χ1v) is 21.5. The number of benzene rings is 2. The summed E-state index contributed by atoms with van der Waals surface area (Å²) in [6.07, 6.45) is 8.47. The first-order chi connectivity index (χ1) is 20.9. The van der Waals surface area contributed by atoms with Gasteiger partial charge in [0.05, 0.1) is 20.8 Å². The van der Waals surface area contributed by atoms with Gasteiger partial charge < -0.3 is 32.5 Å². The zero-order valence-electron chi connectivity index (χ0n) is 29.4. The number of rotatable bonds is 12. The van der Waals surface area contributed by atoms with Crippen molar-refractivity contribution < 1.29 is 32.5 Å². The number of methoxy groups -OCH3 is 2. The summed E-state index contributed by atoms with van der Waals surface area (Å²) >= 11 is 0. The lowest BCUT2D eigenvalue weighted by Crippen LogP contribution is -2.62. The Balaban J connectivity index is 2.30. The van der Waals surface area contributed by atoms with E-state index >= 15 is 0 Å². The maximum absolute atomic E-state index is 7.22. The van der Waals surface area contributed by atoms with Crippen LogP contribution in [0.15, 0.2) is 30.3 Å². The summed E-state index contributed by atoms with van der Waals surface area (Å²) in [4.78, 5) is 0. The van der Waals surface area contributed by atoms with E-state index < -0.39 is 47.2 Å². The van der Waals surface area contributed by atoms with Gasteiger partial charge in [-0.15, -0.1) is 12.8 Å². The van der Waals surface area contributed by atoms with Gasteiger partial charge in [-0.25, -0.2) is 0 Å². The largest absolute Gasteiger partial charge is 0.496 e. The van der Waals surface area contributed by atoms with Gasteiger partial charge >= 0.3 is 0 Å². The molecule has 0 amide bonds. The molecule has 0 saturated carbocycles. The van der Waals surface area contributed by atoms with E-state index in [1.165, 1.54) is 0 Å². The van der Waals surface area contributed by atoms with E-state index in [4.69, 9.17) is 45.4 Å². The van der Waals surface area contributed by atoms with E-state index in [2.05, 4.69) is 79.6 Å². The number of hydrogen-bond donors (Lipinski definition) is 0. The first kappa shape index (κ1) is 37.1. The van der Waals surface area contributed by atoms with Gasteiger partial charge in [0.1, 0.15) is 55.2 Å². The fourth-order valence-electron chi connectivity index (χ4n) is 5.08. The summed E-state index contributed by atoms with van der Waals surface area (Å²) in [7, 11) is -1.23. The lowest BCUT2D eigenvalue weighted by Gasteiger charge is -2.50. The van der Waals surface area contributed by atoms with Crippen LogP contribution in [-0.2, 0) is 23.1 Å². The maximum Gasteiger partial charge on any atom is 0.192 e. The average molecular weight is 655 g/mol. The second-order valence-electron chi connectivity index (χ2n) is 14.7. The highest BCUT2D eigenvalue weighted by molar-refractivity contribution is 6.74. The van der Waals surface area contributed by atoms with Crippen LogP contribution >= 0.6 is 0 Å². The Labute approximate surface area is 273 Å². The van der Waals surface area contributed by atoms with Gasteiger partial charge in [-0.2, -0.15) is 0 Å². The van der Waals surface area contributed by atoms with Gasteiger partial charge in [0.15, 0.2) is 16.6 Å². The molecule has 45 heavy (non-hydrogen) atoms. The Bertz CT molecular complexity index is 1380. The fraction of sp³-hybridized carbons (Fsp3) is 0.611. The molecule has 0 radical (unpaired) electrons. The van der Waals surface area contributed by atoms with Crippen LogP contribution in [0.1, 0.15) is 53.2 Å². The molecular weight excluding hydrogens is 601 g/mol. The van der Waals surface area contributed by atoms with Gasteiger partial charge in [-0.05, 0) is 42.3 Å². The molecule has 0 unspecified atom stereocenters. The lowest BCUT2D eigenvalue weighted by atomic mass is 9.89. The summed E-state index contributed by atoms with van der Waals surface area (Å²) in [6, 6.07) is 9.99. The van der Waals surface area contributed by atoms with E-state index in [0.717, 1.165) is 16.3 Å². The highest BCUT2D eigenvalue weighted by Crippen LogP contribution is 2.48. The van der Waals surface area contributed by atoms with Crippen LogP contribution in [0.4, 0.5) is 0 Å². The molecule has 2 aromatic rings. The van der Waals surface area contributed by atoms with Crippen LogP contribution in [0.3, 0.4) is 0 Å². The molecule has 0 spiro atoms. The van der Waals surface area contributed by atoms with Crippen molar-refractivity contribution in [2.75, 3.05) is 34.0 Å². The highest BCUT2D eigenvalue weighted by atomic mass is 28.4. The Morgan fingerprint density at radius 1 is 0.778 bits per heavy atom. The second kappa shape index (κ2) is 14.6. The summed E-state index contributed by atoms with van der Waals surface area (Å²) in [6.45, 7) is 22.6. The lowest BCUT2D eigenvalue weighted by molar-refractivity contribution is -0.246. The van der Waals surface area contributed by atoms with Crippen LogP contribution in [0.5, 0.6) is 11.5 Å². The molecule has 3 rings (SSSR count). The van der Waals surface area contributed by atoms with Crippen molar-refractivity contribution in [3.05, 3.63) is 35.9 Å². The summed E-state index contributed by atoms with van der Waals surface area (Å²) in [5.41, 5.74) is 0.791. The monoisotopic (exact) mass is 654 g/mol. The van der Waals surface area contributed by atoms with Crippen molar-refractivity contribution >= 4 is 27.4 Å². The van der Waals surface area contributed by atoms with Gasteiger partial charge in [-0.1, -0.05) is 77.6 Å². The normalized spacial score (nSPS) is 22.9. The molecule has 0 N–H and O–H groups in total. The van der Waals surface area contributed by atoms with E-state index in [9.17, 15) is 0 Å². The van der Waals surface area contributed by atoms with E-state index in [-0.39, 0.29) is 29.9 Å². The quantitative estimate of drug-likeness (QED) is 0.171. The van der Waals surface area contributed by atoms with Crippen molar-refractivity contribution in [3.8, 4) is 36.2 Å². The summed E-state index contributed by atoms with van der Waals surface area (Å²) in [5, 5.41) is 1.74.